The van der Waals surface area contributed by atoms with Gasteiger partial charge in [-0.25, -0.2) is 13.4 Å². The molecule has 0 fully saturated rings. The van der Waals surface area contributed by atoms with Crippen molar-refractivity contribution in [1.82, 2.24) is 9.38 Å². The minimum atomic E-state index is -3.23. The minimum absolute atomic E-state index is 0.294. The Labute approximate surface area is 158 Å². The van der Waals surface area contributed by atoms with Crippen molar-refractivity contribution < 1.29 is 8.42 Å². The molecule has 0 amide bonds. The molecule has 0 aliphatic heterocycles. The minimum Gasteiger partial charge on any atom is -0.339 e. The summed E-state index contributed by atoms with van der Waals surface area (Å²) in [5.41, 5.74) is 4.58. The Morgan fingerprint density at radius 2 is 1.63 bits per heavy atom. The summed E-state index contributed by atoms with van der Waals surface area (Å²) in [6.45, 7) is 2.05. The van der Waals surface area contributed by atoms with E-state index in [1.165, 1.54) is 11.8 Å². The van der Waals surface area contributed by atoms with E-state index >= 15 is 0 Å². The van der Waals surface area contributed by atoms with Gasteiger partial charge in [0.05, 0.1) is 4.90 Å². The van der Waals surface area contributed by atoms with E-state index in [-0.39, 0.29) is 0 Å². The lowest BCUT2D eigenvalue weighted by atomic mass is 10.1. The normalized spacial score (nSPS) is 11.6. The van der Waals surface area contributed by atoms with E-state index in [9.17, 15) is 8.42 Å². The van der Waals surface area contributed by atoms with E-state index in [1.54, 1.807) is 24.3 Å². The predicted octanol–water partition coefficient (Wildman–Crippen LogP) is 4.46. The van der Waals surface area contributed by atoms with Crippen molar-refractivity contribution in [3.8, 4) is 11.3 Å². The van der Waals surface area contributed by atoms with Crippen LogP contribution >= 0.6 is 0 Å². The molecule has 0 spiro atoms. The third kappa shape index (κ3) is 3.44. The Morgan fingerprint density at radius 3 is 2.30 bits per heavy atom. The number of aryl methyl sites for hydroxylation is 1. The highest BCUT2D eigenvalue weighted by Crippen LogP contribution is 2.31. The number of rotatable bonds is 4. The van der Waals surface area contributed by atoms with Crippen molar-refractivity contribution in [2.45, 2.75) is 11.8 Å². The number of hydrogen-bond acceptors (Lipinski definition) is 4. The average Bonchev–Trinajstić information content (AvgIpc) is 3.02. The zero-order chi connectivity index (χ0) is 19.0. The van der Waals surface area contributed by atoms with Gasteiger partial charge in [0.1, 0.15) is 17.2 Å². The van der Waals surface area contributed by atoms with Crippen molar-refractivity contribution in [3.63, 3.8) is 0 Å². The van der Waals surface area contributed by atoms with Crippen molar-refractivity contribution >= 4 is 27.0 Å². The Hall–Kier alpha value is -3.12. The van der Waals surface area contributed by atoms with Gasteiger partial charge in [-0.15, -0.1) is 0 Å². The van der Waals surface area contributed by atoms with Gasteiger partial charge in [0.15, 0.2) is 9.84 Å². The summed E-state index contributed by atoms with van der Waals surface area (Å²) in [5, 5.41) is 3.45. The third-order valence-corrected chi connectivity index (χ3v) is 5.53. The maximum absolute atomic E-state index is 11.7. The number of aromatic nitrogens is 2. The number of nitrogens with one attached hydrogen (secondary N) is 1. The lowest BCUT2D eigenvalue weighted by Crippen LogP contribution is -1.98. The number of sulfone groups is 1. The van der Waals surface area contributed by atoms with E-state index in [0.717, 1.165) is 28.4 Å². The van der Waals surface area contributed by atoms with Crippen molar-refractivity contribution in [1.29, 1.82) is 0 Å². The molecule has 0 unspecified atom stereocenters. The molecule has 0 saturated carbocycles. The van der Waals surface area contributed by atoms with Gasteiger partial charge >= 0.3 is 0 Å². The highest BCUT2D eigenvalue weighted by molar-refractivity contribution is 7.90. The van der Waals surface area contributed by atoms with E-state index in [0.29, 0.717) is 4.90 Å². The van der Waals surface area contributed by atoms with Gasteiger partial charge in [-0.2, -0.15) is 0 Å². The SMILES string of the molecule is Cc1ccc(Nc2c(-c3ccc(S(C)(=O)=O)cc3)nc3ccccn23)cc1. The van der Waals surface area contributed by atoms with Crippen molar-refractivity contribution in [3.05, 3.63) is 78.5 Å². The molecule has 2 aromatic carbocycles. The van der Waals surface area contributed by atoms with Crippen molar-refractivity contribution in [2.24, 2.45) is 0 Å². The molecule has 0 atom stereocenters. The summed E-state index contributed by atoms with van der Waals surface area (Å²) < 4.78 is 25.4. The van der Waals surface area contributed by atoms with Gasteiger partial charge in [0.25, 0.3) is 0 Å². The Balaban J connectivity index is 1.83. The van der Waals surface area contributed by atoms with Crippen LogP contribution in [0.15, 0.2) is 77.8 Å². The molecule has 2 heterocycles. The summed E-state index contributed by atoms with van der Waals surface area (Å²) in [6.07, 6.45) is 3.16. The molecule has 27 heavy (non-hydrogen) atoms. The number of hydrogen-bond donors (Lipinski definition) is 1. The van der Waals surface area contributed by atoms with E-state index < -0.39 is 9.84 Å². The third-order valence-electron chi connectivity index (χ3n) is 4.40. The monoisotopic (exact) mass is 377 g/mol. The first-order valence-electron chi connectivity index (χ1n) is 8.53. The first-order valence-corrected chi connectivity index (χ1v) is 10.4. The zero-order valence-electron chi connectivity index (χ0n) is 15.0. The fourth-order valence-corrected chi connectivity index (χ4v) is 3.58. The zero-order valence-corrected chi connectivity index (χ0v) is 15.9. The highest BCUT2D eigenvalue weighted by atomic mass is 32.2. The molecule has 5 nitrogen and oxygen atoms in total. The maximum atomic E-state index is 11.7. The van der Waals surface area contributed by atoms with Crippen LogP contribution in [0, 0.1) is 6.92 Å². The Kier molecular flexibility index (Phi) is 4.20. The average molecular weight is 377 g/mol. The van der Waals surface area contributed by atoms with Crippen LogP contribution in [-0.2, 0) is 9.84 Å². The quantitative estimate of drug-likeness (QED) is 0.570. The molecule has 0 aliphatic rings. The second kappa shape index (κ2) is 6.55. The summed E-state index contributed by atoms with van der Waals surface area (Å²) in [4.78, 5) is 5.03. The number of anilines is 2. The standard InChI is InChI=1S/C21H19N3O2S/c1-15-6-10-17(11-7-15)22-21-20(23-19-5-3-4-14-24(19)21)16-8-12-18(13-9-16)27(2,25)26/h3-14,22H,1-2H3. The molecule has 0 aliphatic carbocycles. The van der Waals surface area contributed by atoms with Gasteiger partial charge in [-0.1, -0.05) is 35.9 Å². The fourth-order valence-electron chi connectivity index (χ4n) is 2.95. The topological polar surface area (TPSA) is 63.5 Å². The molecule has 4 aromatic rings. The summed E-state index contributed by atoms with van der Waals surface area (Å²) >= 11 is 0. The Bertz CT molecular complexity index is 1210. The molecular formula is C21H19N3O2S. The molecule has 4 rings (SSSR count). The molecule has 0 saturated heterocycles. The molecule has 0 bridgehead atoms. The summed E-state index contributed by atoms with van der Waals surface area (Å²) in [6, 6.07) is 20.8. The number of nitrogens with zero attached hydrogens (tertiary/aromatic N) is 2. The second-order valence-corrected chi connectivity index (χ2v) is 8.54. The first kappa shape index (κ1) is 17.3. The van der Waals surface area contributed by atoms with Gasteiger partial charge < -0.3 is 5.32 Å². The van der Waals surface area contributed by atoms with Crippen LogP contribution in [0.3, 0.4) is 0 Å². The van der Waals surface area contributed by atoms with Gasteiger partial charge in [-0.05, 0) is 43.3 Å². The molecule has 6 heteroatoms. The predicted molar refractivity (Wildman–Crippen MR) is 108 cm³/mol. The van der Waals surface area contributed by atoms with E-state index in [1.807, 2.05) is 60.0 Å². The van der Waals surface area contributed by atoms with Crippen LogP contribution in [0.4, 0.5) is 11.5 Å². The Morgan fingerprint density at radius 1 is 0.926 bits per heavy atom. The molecule has 1 N–H and O–H groups in total. The van der Waals surface area contributed by atoms with E-state index in [4.69, 9.17) is 4.98 Å². The second-order valence-electron chi connectivity index (χ2n) is 6.53. The lowest BCUT2D eigenvalue weighted by molar-refractivity contribution is 0.602. The van der Waals surface area contributed by atoms with Crippen LogP contribution in [0.2, 0.25) is 0 Å². The fraction of sp³-hybridized carbons (Fsp3) is 0.0952. The van der Waals surface area contributed by atoms with Gasteiger partial charge in [-0.3, -0.25) is 4.40 Å². The number of fused-ring (bicyclic) bond motifs is 1. The lowest BCUT2D eigenvalue weighted by Gasteiger charge is -2.09. The maximum Gasteiger partial charge on any atom is 0.175 e. The van der Waals surface area contributed by atoms with Crippen LogP contribution in [0.5, 0.6) is 0 Å². The number of benzene rings is 2. The van der Waals surface area contributed by atoms with Crippen LogP contribution in [-0.4, -0.2) is 24.1 Å². The number of imidazole rings is 1. The summed E-state index contributed by atoms with van der Waals surface area (Å²) in [7, 11) is -3.23. The van der Waals surface area contributed by atoms with E-state index in [2.05, 4.69) is 5.32 Å². The molecule has 0 radical (unpaired) electrons. The smallest absolute Gasteiger partial charge is 0.175 e. The molecule has 2 aromatic heterocycles. The van der Waals surface area contributed by atoms with Crippen LogP contribution in [0.25, 0.3) is 16.9 Å². The highest BCUT2D eigenvalue weighted by Gasteiger charge is 2.15. The van der Waals surface area contributed by atoms with Gasteiger partial charge in [0, 0.05) is 23.7 Å². The van der Waals surface area contributed by atoms with Crippen LogP contribution < -0.4 is 5.32 Å². The first-order chi connectivity index (χ1) is 12.9. The molecule has 136 valence electrons. The summed E-state index contributed by atoms with van der Waals surface area (Å²) in [5.74, 6) is 0.835. The van der Waals surface area contributed by atoms with Gasteiger partial charge in [0.2, 0.25) is 0 Å². The van der Waals surface area contributed by atoms with Crippen LogP contribution in [0.1, 0.15) is 5.56 Å². The van der Waals surface area contributed by atoms with Crippen molar-refractivity contribution in [2.75, 3.05) is 11.6 Å². The number of pyridine rings is 1. The molecular weight excluding hydrogens is 358 g/mol. The largest absolute Gasteiger partial charge is 0.339 e.